The summed E-state index contributed by atoms with van der Waals surface area (Å²) in [4.78, 5) is 97.7. The van der Waals surface area contributed by atoms with Crippen molar-refractivity contribution in [1.29, 1.82) is 0 Å². The van der Waals surface area contributed by atoms with Crippen molar-refractivity contribution in [2.45, 2.75) is 123 Å². The van der Waals surface area contributed by atoms with E-state index in [9.17, 15) is 28.8 Å². The monoisotopic (exact) mass is 1050 g/mol. The molecule has 1 unspecified atom stereocenters. The number of imide groups is 1. The van der Waals surface area contributed by atoms with Gasteiger partial charge in [0.15, 0.2) is 0 Å². The molecule has 3 aromatic rings. The fourth-order valence-corrected chi connectivity index (χ4v) is 10.9. The number of ether oxygens (including phenoxy) is 4. The maximum Gasteiger partial charge on any atom is 0.285 e. The van der Waals surface area contributed by atoms with Gasteiger partial charge in [0.1, 0.15) is 11.0 Å². The number of hydroxylamine groups is 2. The topological polar surface area (TPSA) is 198 Å². The van der Waals surface area contributed by atoms with Gasteiger partial charge in [-0.3, -0.25) is 38.5 Å². The van der Waals surface area contributed by atoms with Crippen molar-refractivity contribution in [3.8, 4) is 0 Å². The molecule has 18 nitrogen and oxygen atoms in total. The minimum absolute atomic E-state index is 0.0000880. The number of methoxy groups -OCH3 is 2. The fraction of sp³-hybridized carbons (Fsp3) is 0.618. The maximum absolute atomic E-state index is 14.7. The Balaban J connectivity index is 1.14. The third kappa shape index (κ3) is 15.5. The van der Waals surface area contributed by atoms with E-state index in [1.54, 1.807) is 56.6 Å². The van der Waals surface area contributed by atoms with E-state index in [1.165, 1.54) is 11.3 Å². The molecule has 0 spiro atoms. The van der Waals surface area contributed by atoms with Gasteiger partial charge in [0.2, 0.25) is 23.6 Å². The number of nitrogens with zero attached hydrogens (tertiary/aromatic N) is 5. The molecule has 408 valence electrons. The number of fused-ring (bicyclic) bond motifs is 1. The molecule has 2 aliphatic heterocycles. The number of likely N-dealkylation sites (tertiary alicyclic amines) is 1. The van der Waals surface area contributed by atoms with Gasteiger partial charge in [0.25, 0.3) is 11.8 Å². The van der Waals surface area contributed by atoms with E-state index in [4.69, 9.17) is 23.8 Å². The molecule has 0 radical (unpaired) electrons. The molecule has 1 fully saturated rings. The van der Waals surface area contributed by atoms with Crippen molar-refractivity contribution in [1.82, 2.24) is 35.4 Å². The predicted molar refractivity (Wildman–Crippen MR) is 282 cm³/mol. The van der Waals surface area contributed by atoms with Crippen LogP contribution in [-0.2, 0) is 49.4 Å². The van der Waals surface area contributed by atoms with Gasteiger partial charge in [-0.2, -0.15) is 0 Å². The van der Waals surface area contributed by atoms with Crippen LogP contribution in [0.5, 0.6) is 0 Å². The summed E-state index contributed by atoms with van der Waals surface area (Å²) in [5, 5.41) is 9.80. The number of carbonyl (C=O) groups excluding carboxylic acids is 6. The molecular formula is C55H81N7O11S. The minimum Gasteiger partial charge on any atom is -0.379 e. The molecule has 5 rings (SSSR count). The molecule has 2 aliphatic rings. The number of thiazole rings is 1. The zero-order valence-corrected chi connectivity index (χ0v) is 46.1. The number of hydrogen-bond acceptors (Lipinski definition) is 14. The molecule has 6 amide bonds. The van der Waals surface area contributed by atoms with Crippen molar-refractivity contribution < 1.29 is 52.6 Å². The van der Waals surface area contributed by atoms with Crippen LogP contribution >= 0.6 is 11.3 Å². The molecule has 74 heavy (non-hydrogen) atoms. The van der Waals surface area contributed by atoms with Crippen LogP contribution in [0.3, 0.4) is 0 Å². The van der Waals surface area contributed by atoms with E-state index < -0.39 is 48.1 Å². The zero-order chi connectivity index (χ0) is 54.1. The number of likely N-dealkylation sites (N-methyl/N-ethyl adjacent to an activating group) is 2. The van der Waals surface area contributed by atoms with Crippen LogP contribution in [0.2, 0.25) is 0 Å². The minimum atomic E-state index is -0.864. The average molecular weight is 1050 g/mol. The lowest BCUT2D eigenvalue weighted by Crippen LogP contribution is -2.60. The number of nitrogens with one attached hydrogen (secondary N) is 2. The Hall–Kier alpha value is -5.15. The first-order valence-corrected chi connectivity index (χ1v) is 27.0. The quantitative estimate of drug-likeness (QED) is 0.0578. The Morgan fingerprint density at radius 2 is 1.45 bits per heavy atom. The van der Waals surface area contributed by atoms with Gasteiger partial charge in [-0.05, 0) is 61.8 Å². The molecular weight excluding hydrogens is 967 g/mol. The van der Waals surface area contributed by atoms with Gasteiger partial charge < -0.3 is 39.4 Å². The van der Waals surface area contributed by atoms with Crippen LogP contribution < -0.4 is 10.6 Å². The number of carbonyl (C=O) groups is 6. The molecule has 9 atom stereocenters. The maximum atomic E-state index is 14.7. The molecule has 1 saturated heterocycles. The van der Waals surface area contributed by atoms with Gasteiger partial charge in [-0.25, -0.2) is 4.98 Å². The Morgan fingerprint density at radius 1 is 0.811 bits per heavy atom. The second-order valence-corrected chi connectivity index (χ2v) is 21.0. The highest BCUT2D eigenvalue weighted by Gasteiger charge is 2.44. The number of hydrogen-bond donors (Lipinski definition) is 2. The lowest BCUT2D eigenvalue weighted by atomic mass is 9.89. The van der Waals surface area contributed by atoms with E-state index in [-0.39, 0.29) is 86.3 Å². The van der Waals surface area contributed by atoms with Crippen LogP contribution in [0.4, 0.5) is 0 Å². The molecule has 3 heterocycles. The summed E-state index contributed by atoms with van der Waals surface area (Å²) in [5.74, 6) is -2.93. The Kier molecular flexibility index (Phi) is 23.6. The van der Waals surface area contributed by atoms with Crippen LogP contribution in [0.15, 0.2) is 66.2 Å². The summed E-state index contributed by atoms with van der Waals surface area (Å²) in [6.07, 6.45) is 3.18. The Bertz CT molecular complexity index is 2230. The molecule has 0 aliphatic carbocycles. The standard InChI is InChI=1S/C55H81N7O11S/c1-12-37(6)48(44(69-10)34-45(63)61-25-18-23-43(61)49(70-11)38(7)50(64)57-42(52-56-24-32-74-52)33-39-19-14-13-15-20-39)60(9)55(68)46(35(2)3)58-51(65)47(36(4)5)59(8)26-27-71-28-29-72-30-31-73-62-53(66)40-21-16-17-22-41(40)54(62)67/h13-17,19-22,24,32,35-38,42-44,46-49H,12,18,23,25-31,33-34H2,1-11H3,(H,57,64)(H,58,65)/t37-,38+,42-,43-,44+,46-,47-,48?,49+/m0/s1. The summed E-state index contributed by atoms with van der Waals surface area (Å²) in [5.41, 5.74) is 1.69. The van der Waals surface area contributed by atoms with Crippen molar-refractivity contribution in [3.05, 3.63) is 87.9 Å². The van der Waals surface area contributed by atoms with Crippen molar-refractivity contribution in [2.75, 3.05) is 74.4 Å². The first kappa shape index (κ1) is 59.7. The van der Waals surface area contributed by atoms with Crippen LogP contribution in [0.25, 0.3) is 0 Å². The van der Waals surface area contributed by atoms with E-state index in [2.05, 4.69) is 15.6 Å². The van der Waals surface area contributed by atoms with E-state index in [0.717, 1.165) is 22.1 Å². The number of benzene rings is 2. The highest BCUT2D eigenvalue weighted by molar-refractivity contribution is 7.09. The Morgan fingerprint density at radius 3 is 2.03 bits per heavy atom. The van der Waals surface area contributed by atoms with Gasteiger partial charge in [0.05, 0.1) is 92.9 Å². The van der Waals surface area contributed by atoms with E-state index in [0.29, 0.717) is 50.1 Å². The fourth-order valence-electron chi connectivity index (χ4n) is 10.2. The van der Waals surface area contributed by atoms with Crippen molar-refractivity contribution in [3.63, 3.8) is 0 Å². The van der Waals surface area contributed by atoms with Crippen molar-refractivity contribution in [2.24, 2.45) is 23.7 Å². The average Bonchev–Trinajstić information content (AvgIpc) is 4.16. The first-order chi connectivity index (χ1) is 35.4. The molecule has 1 aromatic heterocycles. The largest absolute Gasteiger partial charge is 0.379 e. The molecule has 0 bridgehead atoms. The van der Waals surface area contributed by atoms with Crippen molar-refractivity contribution >= 4 is 46.8 Å². The third-order valence-electron chi connectivity index (χ3n) is 14.4. The zero-order valence-electron chi connectivity index (χ0n) is 45.3. The highest BCUT2D eigenvalue weighted by Crippen LogP contribution is 2.31. The number of rotatable bonds is 31. The van der Waals surface area contributed by atoms with Gasteiger partial charge in [-0.15, -0.1) is 16.4 Å². The molecule has 2 N–H and O–H groups in total. The highest BCUT2D eigenvalue weighted by atomic mass is 32.1. The number of amides is 6. The number of aromatic nitrogens is 1. The predicted octanol–water partition coefficient (Wildman–Crippen LogP) is 5.82. The molecule has 19 heteroatoms. The summed E-state index contributed by atoms with van der Waals surface area (Å²) in [6, 6.07) is 13.9. The van der Waals surface area contributed by atoms with Crippen LogP contribution in [0.1, 0.15) is 111 Å². The summed E-state index contributed by atoms with van der Waals surface area (Å²) in [6.45, 7) is 15.5. The van der Waals surface area contributed by atoms with Crippen LogP contribution in [0, 0.1) is 23.7 Å². The summed E-state index contributed by atoms with van der Waals surface area (Å²) >= 11 is 1.49. The van der Waals surface area contributed by atoms with Crippen LogP contribution in [-0.4, -0.2) is 171 Å². The third-order valence-corrected chi connectivity index (χ3v) is 15.3. The van der Waals surface area contributed by atoms with Gasteiger partial charge in [-0.1, -0.05) is 97.4 Å². The normalized spacial score (nSPS) is 18.0. The lowest BCUT2D eigenvalue weighted by molar-refractivity contribution is -0.148. The summed E-state index contributed by atoms with van der Waals surface area (Å²) < 4.78 is 23.6. The first-order valence-electron chi connectivity index (χ1n) is 26.1. The van der Waals surface area contributed by atoms with Gasteiger partial charge in [0, 0.05) is 45.9 Å². The summed E-state index contributed by atoms with van der Waals surface area (Å²) in [7, 11) is 6.72. The second-order valence-electron chi connectivity index (χ2n) is 20.1. The smallest absolute Gasteiger partial charge is 0.285 e. The lowest BCUT2D eigenvalue weighted by Gasteiger charge is -2.41. The second kappa shape index (κ2) is 29.2. The Labute approximate surface area is 442 Å². The van der Waals surface area contributed by atoms with Gasteiger partial charge >= 0.3 is 0 Å². The van der Waals surface area contributed by atoms with E-state index >= 15 is 0 Å². The SMILES string of the molecule is CC[C@H](C)C([C@@H](CC(=O)N1CCC[C@H]1[C@H](OC)[C@@H](C)C(=O)N[C@@H](Cc1ccccc1)c1nccs1)OC)N(C)C(=O)[C@@H](NC(=O)[C@H](C(C)C)N(C)CCOCCOCCON1C(=O)c2ccccc2C1=O)C(C)C. The molecule has 2 aromatic carbocycles. The van der Waals surface area contributed by atoms with E-state index in [1.807, 2.05) is 101 Å². The molecule has 0 saturated carbocycles.